The lowest BCUT2D eigenvalue weighted by molar-refractivity contribution is -0.121. The molecule has 1 atom stereocenters. The number of benzene rings is 1. The Hall–Kier alpha value is -1.92. The van der Waals surface area contributed by atoms with Gasteiger partial charge in [0.1, 0.15) is 0 Å². The lowest BCUT2D eigenvalue weighted by Crippen LogP contribution is -2.45. The maximum Gasteiger partial charge on any atom is 0.241 e. The highest BCUT2D eigenvalue weighted by molar-refractivity contribution is 6.01. The largest absolute Gasteiger partial charge is 0.323 e. The molecule has 2 amide bonds. The van der Waals surface area contributed by atoms with Gasteiger partial charge in [-0.2, -0.15) is 0 Å². The van der Waals surface area contributed by atoms with E-state index in [2.05, 4.69) is 22.5 Å². The molecule has 2 N–H and O–H groups in total. The number of nitrogens with zero attached hydrogens (tertiary/aromatic N) is 2. The van der Waals surface area contributed by atoms with Gasteiger partial charge in [-0.15, -0.1) is 0 Å². The zero-order valence-corrected chi connectivity index (χ0v) is 15.7. The number of nitrogens with one attached hydrogen (secondary N) is 2. The predicted molar refractivity (Wildman–Crippen MR) is 102 cm³/mol. The van der Waals surface area contributed by atoms with Crippen molar-refractivity contribution < 1.29 is 9.59 Å². The molecule has 25 heavy (non-hydrogen) atoms. The second-order valence-corrected chi connectivity index (χ2v) is 7.22. The molecule has 1 aromatic rings. The Kier molecular flexibility index (Phi) is 6.96. The SMILES string of the molecule is CC1CCN(C(C)C(=O)Nc2ccccc2NC(=O)CN(C)C)CC1. The van der Waals surface area contributed by atoms with Crippen molar-refractivity contribution in [1.29, 1.82) is 0 Å². The molecule has 1 aliphatic heterocycles. The van der Waals surface area contributed by atoms with E-state index in [0.717, 1.165) is 31.8 Å². The summed E-state index contributed by atoms with van der Waals surface area (Å²) < 4.78 is 0. The molecule has 2 rings (SSSR count). The predicted octanol–water partition coefficient (Wildman–Crippen LogP) is 2.25. The number of likely N-dealkylation sites (N-methyl/N-ethyl adjacent to an activating group) is 1. The average molecular weight is 346 g/mol. The van der Waals surface area contributed by atoms with E-state index in [0.29, 0.717) is 17.9 Å². The summed E-state index contributed by atoms with van der Waals surface area (Å²) in [6, 6.07) is 7.13. The summed E-state index contributed by atoms with van der Waals surface area (Å²) in [6.45, 7) is 6.41. The Morgan fingerprint density at radius 2 is 1.72 bits per heavy atom. The minimum absolute atomic E-state index is 0.0381. The smallest absolute Gasteiger partial charge is 0.241 e. The summed E-state index contributed by atoms with van der Waals surface area (Å²) in [5.74, 6) is 0.591. The first-order valence-corrected chi connectivity index (χ1v) is 8.95. The van der Waals surface area contributed by atoms with E-state index in [-0.39, 0.29) is 17.9 Å². The molecule has 1 heterocycles. The Morgan fingerprint density at radius 3 is 2.28 bits per heavy atom. The molecule has 0 spiro atoms. The van der Waals surface area contributed by atoms with Crippen LogP contribution in [-0.4, -0.2) is 61.4 Å². The number of carbonyl (C=O) groups is 2. The number of rotatable bonds is 6. The number of amides is 2. The van der Waals surface area contributed by atoms with Crippen molar-refractivity contribution in [3.8, 4) is 0 Å². The van der Waals surface area contributed by atoms with E-state index in [4.69, 9.17) is 0 Å². The standard InChI is InChI=1S/C19H30N4O2/c1-14-9-11-23(12-10-14)15(2)19(25)21-17-8-6-5-7-16(17)20-18(24)13-22(3)4/h5-8,14-15H,9-13H2,1-4H3,(H,20,24)(H,21,25). The van der Waals surface area contributed by atoms with Crippen molar-refractivity contribution in [3.63, 3.8) is 0 Å². The van der Waals surface area contributed by atoms with E-state index in [9.17, 15) is 9.59 Å². The molecule has 0 bridgehead atoms. The van der Waals surface area contributed by atoms with Crippen molar-refractivity contribution >= 4 is 23.2 Å². The summed E-state index contributed by atoms with van der Waals surface area (Å²) in [5, 5.41) is 5.83. The summed E-state index contributed by atoms with van der Waals surface area (Å²) in [4.78, 5) is 28.7. The fraction of sp³-hybridized carbons (Fsp3) is 0.579. The zero-order chi connectivity index (χ0) is 18.4. The van der Waals surface area contributed by atoms with Crippen molar-refractivity contribution in [1.82, 2.24) is 9.80 Å². The monoisotopic (exact) mass is 346 g/mol. The molecule has 0 aromatic heterocycles. The minimum atomic E-state index is -0.182. The number of likely N-dealkylation sites (tertiary alicyclic amines) is 1. The molecule has 0 radical (unpaired) electrons. The van der Waals surface area contributed by atoms with Gasteiger partial charge in [-0.05, 0) is 65.0 Å². The molecular weight excluding hydrogens is 316 g/mol. The number of hydrogen-bond donors (Lipinski definition) is 2. The van der Waals surface area contributed by atoms with Gasteiger partial charge in [0.25, 0.3) is 0 Å². The normalized spacial score (nSPS) is 17.3. The van der Waals surface area contributed by atoms with Crippen molar-refractivity contribution in [2.75, 3.05) is 44.4 Å². The molecule has 6 nitrogen and oxygen atoms in total. The van der Waals surface area contributed by atoms with E-state index in [1.165, 1.54) is 0 Å². The van der Waals surface area contributed by atoms with Crippen LogP contribution < -0.4 is 10.6 Å². The summed E-state index contributed by atoms with van der Waals surface area (Å²) in [5.41, 5.74) is 1.26. The molecular formula is C19H30N4O2. The van der Waals surface area contributed by atoms with Crippen molar-refractivity contribution in [2.24, 2.45) is 5.92 Å². The van der Waals surface area contributed by atoms with Crippen LogP contribution in [0.3, 0.4) is 0 Å². The second-order valence-electron chi connectivity index (χ2n) is 7.22. The van der Waals surface area contributed by atoms with Gasteiger partial charge in [0.05, 0.1) is 24.0 Å². The molecule has 1 aromatic carbocycles. The summed E-state index contributed by atoms with van der Waals surface area (Å²) in [7, 11) is 3.68. The van der Waals surface area contributed by atoms with E-state index in [1.54, 1.807) is 11.0 Å². The number of carbonyl (C=O) groups excluding carboxylic acids is 2. The van der Waals surface area contributed by atoms with Crippen LogP contribution in [0.2, 0.25) is 0 Å². The number of para-hydroxylation sites is 2. The first kappa shape index (κ1) is 19.4. The summed E-state index contributed by atoms with van der Waals surface area (Å²) >= 11 is 0. The Bertz CT molecular complexity index is 595. The van der Waals surface area contributed by atoms with Crippen molar-refractivity contribution in [3.05, 3.63) is 24.3 Å². The van der Waals surface area contributed by atoms with Crippen LogP contribution in [0.1, 0.15) is 26.7 Å². The topological polar surface area (TPSA) is 64.7 Å². The molecule has 1 aliphatic rings. The Labute approximate surface area is 150 Å². The van der Waals surface area contributed by atoms with E-state index in [1.807, 2.05) is 39.2 Å². The molecule has 6 heteroatoms. The van der Waals surface area contributed by atoms with Gasteiger partial charge in [0.2, 0.25) is 11.8 Å². The fourth-order valence-corrected chi connectivity index (χ4v) is 3.00. The van der Waals surface area contributed by atoms with Gasteiger partial charge in [-0.25, -0.2) is 0 Å². The molecule has 1 fully saturated rings. The van der Waals surface area contributed by atoms with Crippen LogP contribution in [0.4, 0.5) is 11.4 Å². The first-order valence-electron chi connectivity index (χ1n) is 8.95. The number of hydrogen-bond acceptors (Lipinski definition) is 4. The molecule has 1 saturated heterocycles. The van der Waals surface area contributed by atoms with Crippen molar-refractivity contribution in [2.45, 2.75) is 32.7 Å². The molecule has 138 valence electrons. The average Bonchev–Trinajstić information content (AvgIpc) is 2.56. The van der Waals surface area contributed by atoms with Crippen LogP contribution in [0, 0.1) is 5.92 Å². The van der Waals surface area contributed by atoms with Gasteiger partial charge in [-0.1, -0.05) is 19.1 Å². The molecule has 0 aliphatic carbocycles. The summed E-state index contributed by atoms with van der Waals surface area (Å²) in [6.07, 6.45) is 2.27. The Morgan fingerprint density at radius 1 is 1.16 bits per heavy atom. The maximum absolute atomic E-state index is 12.6. The molecule has 0 saturated carbocycles. The van der Waals surface area contributed by atoms with Crippen LogP contribution in [-0.2, 0) is 9.59 Å². The van der Waals surface area contributed by atoms with Gasteiger partial charge < -0.3 is 15.5 Å². The highest BCUT2D eigenvalue weighted by Gasteiger charge is 2.25. The van der Waals surface area contributed by atoms with Gasteiger partial charge in [-0.3, -0.25) is 14.5 Å². The van der Waals surface area contributed by atoms with Crippen LogP contribution in [0.5, 0.6) is 0 Å². The van der Waals surface area contributed by atoms with E-state index < -0.39 is 0 Å². The third-order valence-corrected chi connectivity index (χ3v) is 4.66. The lowest BCUT2D eigenvalue weighted by atomic mass is 9.98. The fourth-order valence-electron chi connectivity index (χ4n) is 3.00. The number of piperidine rings is 1. The van der Waals surface area contributed by atoms with E-state index >= 15 is 0 Å². The third-order valence-electron chi connectivity index (χ3n) is 4.66. The second kappa shape index (κ2) is 8.97. The first-order chi connectivity index (χ1) is 11.9. The maximum atomic E-state index is 12.6. The highest BCUT2D eigenvalue weighted by Crippen LogP contribution is 2.23. The van der Waals surface area contributed by atoms with Crippen LogP contribution in [0.25, 0.3) is 0 Å². The molecule has 1 unspecified atom stereocenters. The van der Waals surface area contributed by atoms with Gasteiger partial charge >= 0.3 is 0 Å². The Balaban J connectivity index is 1.99. The minimum Gasteiger partial charge on any atom is -0.323 e. The quantitative estimate of drug-likeness (QED) is 0.829. The third kappa shape index (κ3) is 5.83. The van der Waals surface area contributed by atoms with Crippen LogP contribution in [0.15, 0.2) is 24.3 Å². The van der Waals surface area contributed by atoms with Crippen LogP contribution >= 0.6 is 0 Å². The van der Waals surface area contributed by atoms with Gasteiger partial charge in [0, 0.05) is 0 Å². The zero-order valence-electron chi connectivity index (χ0n) is 15.7. The number of anilines is 2. The van der Waals surface area contributed by atoms with Gasteiger partial charge in [0.15, 0.2) is 0 Å². The highest BCUT2D eigenvalue weighted by atomic mass is 16.2. The lowest BCUT2D eigenvalue weighted by Gasteiger charge is -2.34.